The number of hydrogen-bond donors (Lipinski definition) is 0. The van der Waals surface area contributed by atoms with Crippen LogP contribution in [-0.4, -0.2) is 4.98 Å². The van der Waals surface area contributed by atoms with Gasteiger partial charge in [-0.05, 0) is 18.2 Å². The van der Waals surface area contributed by atoms with Crippen LogP contribution in [0.15, 0.2) is 54.6 Å². The Morgan fingerprint density at radius 2 is 1.81 bits per heavy atom. The molecule has 0 fully saturated rings. The number of pyridine rings is 1. The number of aromatic nitrogens is 1. The number of ether oxygens (including phenoxy) is 1. The van der Waals surface area contributed by atoms with Crippen molar-refractivity contribution in [2.75, 3.05) is 0 Å². The summed E-state index contributed by atoms with van der Waals surface area (Å²) in [6.07, 6.45) is 0. The first kappa shape index (κ1) is 13.8. The van der Waals surface area contributed by atoms with Crippen molar-refractivity contribution >= 4 is 22.5 Å². The number of rotatable bonds is 4. The molecule has 0 radical (unpaired) electrons. The highest BCUT2D eigenvalue weighted by Gasteiger charge is 2.08. The van der Waals surface area contributed by atoms with Gasteiger partial charge in [0.15, 0.2) is 0 Å². The molecular weight excluding hydrogens is 289 g/mol. The number of hydrogen-bond acceptors (Lipinski definition) is 2. The van der Waals surface area contributed by atoms with Crippen LogP contribution in [0.3, 0.4) is 0 Å². The molecule has 2 aromatic carbocycles. The van der Waals surface area contributed by atoms with Crippen molar-refractivity contribution in [1.82, 2.24) is 4.98 Å². The summed E-state index contributed by atoms with van der Waals surface area (Å²) >= 11 is 5.86. The standard InChI is InChI=1S/C17H13ClFNO/c18-10-13-9-17(14-6-2-4-8-16(14)20-13)21-11-12-5-1-3-7-15(12)19/h1-9H,10-11H2. The summed E-state index contributed by atoms with van der Waals surface area (Å²) in [5.41, 5.74) is 2.07. The minimum atomic E-state index is -0.270. The van der Waals surface area contributed by atoms with E-state index in [1.807, 2.05) is 24.3 Å². The number of para-hydroxylation sites is 1. The highest BCUT2D eigenvalue weighted by Crippen LogP contribution is 2.27. The minimum absolute atomic E-state index is 0.169. The van der Waals surface area contributed by atoms with Crippen molar-refractivity contribution in [2.24, 2.45) is 0 Å². The van der Waals surface area contributed by atoms with E-state index in [9.17, 15) is 4.39 Å². The minimum Gasteiger partial charge on any atom is -0.488 e. The van der Waals surface area contributed by atoms with E-state index in [0.717, 1.165) is 16.6 Å². The van der Waals surface area contributed by atoms with Crippen LogP contribution in [0.25, 0.3) is 10.9 Å². The highest BCUT2D eigenvalue weighted by atomic mass is 35.5. The van der Waals surface area contributed by atoms with Crippen LogP contribution in [-0.2, 0) is 12.5 Å². The average molecular weight is 302 g/mol. The number of nitrogens with zero attached hydrogens (tertiary/aromatic N) is 1. The van der Waals surface area contributed by atoms with Crippen molar-refractivity contribution in [3.63, 3.8) is 0 Å². The first-order chi connectivity index (χ1) is 10.3. The van der Waals surface area contributed by atoms with E-state index in [1.165, 1.54) is 6.07 Å². The van der Waals surface area contributed by atoms with Gasteiger partial charge in [-0.25, -0.2) is 4.39 Å². The second-order valence-corrected chi connectivity index (χ2v) is 4.91. The average Bonchev–Trinajstić information content (AvgIpc) is 2.53. The Kier molecular flexibility index (Phi) is 4.02. The van der Waals surface area contributed by atoms with Crippen LogP contribution in [0.2, 0.25) is 0 Å². The van der Waals surface area contributed by atoms with Crippen molar-refractivity contribution in [2.45, 2.75) is 12.5 Å². The highest BCUT2D eigenvalue weighted by molar-refractivity contribution is 6.17. The van der Waals surface area contributed by atoms with Crippen LogP contribution >= 0.6 is 11.6 Å². The first-order valence-electron chi connectivity index (χ1n) is 6.59. The Hall–Kier alpha value is -2.13. The molecule has 0 aliphatic rings. The van der Waals surface area contributed by atoms with Crippen molar-refractivity contribution in [1.29, 1.82) is 0 Å². The molecule has 106 valence electrons. The van der Waals surface area contributed by atoms with Crippen molar-refractivity contribution < 1.29 is 9.13 Å². The fourth-order valence-electron chi connectivity index (χ4n) is 2.15. The van der Waals surface area contributed by atoms with Gasteiger partial charge in [-0.15, -0.1) is 11.6 Å². The largest absolute Gasteiger partial charge is 0.488 e. The lowest BCUT2D eigenvalue weighted by Gasteiger charge is -2.11. The van der Waals surface area contributed by atoms with Crippen molar-refractivity contribution in [3.05, 3.63) is 71.7 Å². The molecule has 0 bridgehead atoms. The first-order valence-corrected chi connectivity index (χ1v) is 7.12. The van der Waals surface area contributed by atoms with Crippen LogP contribution in [0.4, 0.5) is 4.39 Å². The molecule has 0 saturated carbocycles. The van der Waals surface area contributed by atoms with Gasteiger partial charge in [-0.2, -0.15) is 0 Å². The molecule has 0 aliphatic heterocycles. The molecule has 0 spiro atoms. The summed E-state index contributed by atoms with van der Waals surface area (Å²) in [5.74, 6) is 0.703. The molecule has 0 amide bonds. The summed E-state index contributed by atoms with van der Waals surface area (Å²) in [6, 6.07) is 16.0. The second-order valence-electron chi connectivity index (χ2n) is 4.64. The third-order valence-corrected chi connectivity index (χ3v) is 3.48. The lowest BCUT2D eigenvalue weighted by Crippen LogP contribution is -2.00. The molecule has 1 aromatic heterocycles. The van der Waals surface area contributed by atoms with Gasteiger partial charge < -0.3 is 4.74 Å². The predicted molar refractivity (Wildman–Crippen MR) is 82.0 cm³/mol. The van der Waals surface area contributed by atoms with Gasteiger partial charge in [-0.1, -0.05) is 30.3 Å². The zero-order valence-electron chi connectivity index (χ0n) is 11.2. The number of alkyl halides is 1. The maximum Gasteiger partial charge on any atom is 0.131 e. The van der Waals surface area contributed by atoms with E-state index in [1.54, 1.807) is 24.3 Å². The monoisotopic (exact) mass is 301 g/mol. The van der Waals surface area contributed by atoms with E-state index in [0.29, 0.717) is 17.2 Å². The van der Waals surface area contributed by atoms with Gasteiger partial charge >= 0.3 is 0 Å². The Bertz CT molecular complexity index is 776. The van der Waals surface area contributed by atoms with Crippen LogP contribution < -0.4 is 4.74 Å². The predicted octanol–water partition coefficient (Wildman–Crippen LogP) is 4.69. The molecule has 0 unspecified atom stereocenters. The zero-order chi connectivity index (χ0) is 14.7. The van der Waals surface area contributed by atoms with Gasteiger partial charge in [0.2, 0.25) is 0 Å². The Labute approximate surface area is 127 Å². The third-order valence-electron chi connectivity index (χ3n) is 3.21. The molecule has 0 saturated heterocycles. The SMILES string of the molecule is Fc1ccccc1COc1cc(CCl)nc2ccccc12. The Morgan fingerprint density at radius 3 is 2.62 bits per heavy atom. The summed E-state index contributed by atoms with van der Waals surface area (Å²) in [4.78, 5) is 4.44. The number of halogens is 2. The number of fused-ring (bicyclic) bond motifs is 1. The molecule has 0 atom stereocenters. The zero-order valence-corrected chi connectivity index (χ0v) is 12.0. The molecule has 21 heavy (non-hydrogen) atoms. The third kappa shape index (κ3) is 2.98. The number of benzene rings is 2. The lowest BCUT2D eigenvalue weighted by molar-refractivity contribution is 0.303. The van der Waals surface area contributed by atoms with Crippen LogP contribution in [0, 0.1) is 5.82 Å². The van der Waals surface area contributed by atoms with E-state index >= 15 is 0 Å². The topological polar surface area (TPSA) is 22.1 Å². The maximum atomic E-state index is 13.6. The Balaban J connectivity index is 1.94. The molecule has 2 nitrogen and oxygen atoms in total. The van der Waals surface area contributed by atoms with Gasteiger partial charge in [0.25, 0.3) is 0 Å². The van der Waals surface area contributed by atoms with Crippen LogP contribution in [0.5, 0.6) is 5.75 Å². The fraction of sp³-hybridized carbons (Fsp3) is 0.118. The summed E-state index contributed by atoms with van der Waals surface area (Å²) in [5, 5.41) is 0.891. The fourth-order valence-corrected chi connectivity index (χ4v) is 2.29. The molecule has 1 heterocycles. The lowest BCUT2D eigenvalue weighted by atomic mass is 10.2. The second kappa shape index (κ2) is 6.10. The van der Waals surface area contributed by atoms with Gasteiger partial charge in [-0.3, -0.25) is 4.98 Å². The molecular formula is C17H13ClFNO. The molecule has 3 aromatic rings. The van der Waals surface area contributed by atoms with Gasteiger partial charge in [0.05, 0.1) is 17.1 Å². The van der Waals surface area contributed by atoms with Crippen molar-refractivity contribution in [3.8, 4) is 5.75 Å². The summed E-state index contributed by atoms with van der Waals surface area (Å²) < 4.78 is 19.4. The quantitative estimate of drug-likeness (QED) is 0.652. The molecule has 0 aliphatic carbocycles. The molecule has 3 rings (SSSR count). The summed E-state index contributed by atoms with van der Waals surface area (Å²) in [6.45, 7) is 0.169. The maximum absolute atomic E-state index is 13.6. The van der Waals surface area contributed by atoms with E-state index in [4.69, 9.17) is 16.3 Å². The van der Waals surface area contributed by atoms with Gasteiger partial charge in [0.1, 0.15) is 18.2 Å². The Morgan fingerprint density at radius 1 is 1.05 bits per heavy atom. The van der Waals surface area contributed by atoms with E-state index in [2.05, 4.69) is 4.98 Å². The van der Waals surface area contributed by atoms with Gasteiger partial charge in [0, 0.05) is 17.0 Å². The van der Waals surface area contributed by atoms with E-state index in [-0.39, 0.29) is 12.4 Å². The molecule has 0 N–H and O–H groups in total. The summed E-state index contributed by atoms with van der Waals surface area (Å²) in [7, 11) is 0. The smallest absolute Gasteiger partial charge is 0.131 e. The molecule has 4 heteroatoms. The van der Waals surface area contributed by atoms with E-state index < -0.39 is 0 Å². The van der Waals surface area contributed by atoms with Crippen LogP contribution in [0.1, 0.15) is 11.3 Å². The normalized spacial score (nSPS) is 10.8.